The topological polar surface area (TPSA) is 50.4 Å². The van der Waals surface area contributed by atoms with Crippen molar-refractivity contribution in [3.8, 4) is 0 Å². The van der Waals surface area contributed by atoms with Gasteiger partial charge in [-0.25, -0.2) is 4.39 Å². The molecule has 1 aliphatic rings. The van der Waals surface area contributed by atoms with E-state index in [4.69, 9.17) is 5.73 Å². The van der Waals surface area contributed by atoms with Gasteiger partial charge in [0.15, 0.2) is 0 Å². The Hall–Kier alpha value is -2.27. The second kappa shape index (κ2) is 9.89. The van der Waals surface area contributed by atoms with Crippen LogP contribution in [0.3, 0.4) is 0 Å². The van der Waals surface area contributed by atoms with Crippen molar-refractivity contribution < 1.29 is 4.39 Å². The molecule has 0 fully saturated rings. The largest absolute Gasteiger partial charge is 0.398 e. The Morgan fingerprint density at radius 2 is 1.84 bits per heavy atom. The summed E-state index contributed by atoms with van der Waals surface area (Å²) in [7, 11) is 0. The lowest BCUT2D eigenvalue weighted by Gasteiger charge is -2.21. The predicted octanol–water partition coefficient (Wildman–Crippen LogP) is 5.27. The molecule has 134 valence electrons. The molecule has 25 heavy (non-hydrogen) atoms. The standard InChI is InChI=1S/C16H14FN3S.2C2H6/c1-9-16-11(3-2-4-13(16)18)14(20-19-9)7-10-5-6-12(17)15(21)8-10;2*1-2/h2-6,8,19,21H,1,7,18H2;2*1-2H3. The third-order valence-corrected chi connectivity index (χ3v) is 3.76. The van der Waals surface area contributed by atoms with E-state index in [0.29, 0.717) is 22.7 Å². The first-order chi connectivity index (χ1) is 12.1. The van der Waals surface area contributed by atoms with E-state index in [-0.39, 0.29) is 5.82 Å². The maximum atomic E-state index is 13.3. The molecule has 0 aliphatic carbocycles. The van der Waals surface area contributed by atoms with E-state index < -0.39 is 0 Å². The lowest BCUT2D eigenvalue weighted by molar-refractivity contribution is 0.602. The van der Waals surface area contributed by atoms with E-state index >= 15 is 0 Å². The minimum atomic E-state index is -0.330. The third kappa shape index (κ3) is 4.86. The summed E-state index contributed by atoms with van der Waals surface area (Å²) in [6, 6.07) is 10.5. The van der Waals surface area contributed by atoms with Crippen LogP contribution < -0.4 is 11.2 Å². The zero-order valence-corrected chi connectivity index (χ0v) is 16.1. The van der Waals surface area contributed by atoms with E-state index in [1.54, 1.807) is 12.1 Å². The van der Waals surface area contributed by atoms with Gasteiger partial charge in [0.25, 0.3) is 0 Å². The fourth-order valence-electron chi connectivity index (χ4n) is 2.39. The number of benzene rings is 2. The van der Waals surface area contributed by atoms with Gasteiger partial charge in [-0.15, -0.1) is 12.6 Å². The van der Waals surface area contributed by atoms with Crippen molar-refractivity contribution in [2.75, 3.05) is 5.73 Å². The summed E-state index contributed by atoms with van der Waals surface area (Å²) in [4.78, 5) is 0.328. The summed E-state index contributed by atoms with van der Waals surface area (Å²) in [5, 5.41) is 4.33. The smallest absolute Gasteiger partial charge is 0.136 e. The Kier molecular flexibility index (Phi) is 8.22. The number of hydrazone groups is 1. The zero-order chi connectivity index (χ0) is 19.0. The maximum absolute atomic E-state index is 13.3. The number of nitrogen functional groups attached to an aromatic ring is 1. The molecule has 5 heteroatoms. The summed E-state index contributed by atoms with van der Waals surface area (Å²) in [5.41, 5.74) is 13.8. The second-order valence-electron chi connectivity index (χ2n) is 4.88. The summed E-state index contributed by atoms with van der Waals surface area (Å²) in [6.07, 6.45) is 0.560. The van der Waals surface area contributed by atoms with E-state index in [2.05, 4.69) is 29.7 Å². The van der Waals surface area contributed by atoms with Gasteiger partial charge in [-0.3, -0.25) is 5.43 Å². The molecule has 0 saturated heterocycles. The van der Waals surface area contributed by atoms with Crippen LogP contribution in [0, 0.1) is 5.82 Å². The van der Waals surface area contributed by atoms with Crippen LogP contribution in [0.5, 0.6) is 0 Å². The van der Waals surface area contributed by atoms with Crippen molar-refractivity contribution in [2.45, 2.75) is 39.0 Å². The number of anilines is 1. The van der Waals surface area contributed by atoms with E-state index in [9.17, 15) is 4.39 Å². The van der Waals surface area contributed by atoms with Crippen LogP contribution in [-0.4, -0.2) is 5.71 Å². The zero-order valence-electron chi connectivity index (χ0n) is 15.2. The highest BCUT2D eigenvalue weighted by atomic mass is 32.1. The SMILES string of the molecule is C=C1NN=C(Cc2ccc(F)c(S)c2)c2cccc(N)c21.CC.CC. The van der Waals surface area contributed by atoms with Gasteiger partial charge in [-0.1, -0.05) is 52.5 Å². The molecule has 0 amide bonds. The van der Waals surface area contributed by atoms with Crippen molar-refractivity contribution in [1.29, 1.82) is 0 Å². The summed E-state index contributed by atoms with van der Waals surface area (Å²) in [5.74, 6) is -0.330. The Balaban J connectivity index is 0.000000730. The number of halogens is 1. The van der Waals surface area contributed by atoms with Crippen LogP contribution in [-0.2, 0) is 6.42 Å². The number of rotatable bonds is 2. The van der Waals surface area contributed by atoms with Crippen molar-refractivity contribution in [1.82, 2.24) is 5.43 Å². The number of nitrogens with two attached hydrogens (primary N) is 1. The molecule has 1 aliphatic heterocycles. The van der Waals surface area contributed by atoms with Gasteiger partial charge in [0, 0.05) is 28.1 Å². The summed E-state index contributed by atoms with van der Waals surface area (Å²) in [6.45, 7) is 11.9. The monoisotopic (exact) mass is 359 g/mol. The van der Waals surface area contributed by atoms with E-state index in [0.717, 1.165) is 22.4 Å². The van der Waals surface area contributed by atoms with Crippen LogP contribution in [0.25, 0.3) is 5.70 Å². The quantitative estimate of drug-likeness (QED) is 0.505. The van der Waals surface area contributed by atoms with Gasteiger partial charge < -0.3 is 5.73 Å². The molecule has 0 unspecified atom stereocenters. The lowest BCUT2D eigenvalue weighted by Crippen LogP contribution is -2.21. The molecule has 3 rings (SSSR count). The normalized spacial score (nSPS) is 11.8. The molecular weight excluding hydrogens is 333 g/mol. The highest BCUT2D eigenvalue weighted by molar-refractivity contribution is 7.80. The molecule has 3 N–H and O–H groups in total. The van der Waals surface area contributed by atoms with Crippen LogP contribution >= 0.6 is 12.6 Å². The van der Waals surface area contributed by atoms with Crippen LogP contribution in [0.15, 0.2) is 53.0 Å². The number of nitrogens with zero attached hydrogens (tertiary/aromatic N) is 1. The van der Waals surface area contributed by atoms with Gasteiger partial charge in [-0.2, -0.15) is 5.10 Å². The average Bonchev–Trinajstić information content (AvgIpc) is 2.64. The maximum Gasteiger partial charge on any atom is 0.136 e. The molecule has 2 aromatic carbocycles. The summed E-state index contributed by atoms with van der Waals surface area (Å²) >= 11 is 4.11. The van der Waals surface area contributed by atoms with Gasteiger partial charge in [0.2, 0.25) is 0 Å². The highest BCUT2D eigenvalue weighted by Crippen LogP contribution is 2.28. The van der Waals surface area contributed by atoms with Crippen molar-refractivity contribution in [3.05, 3.63) is 65.5 Å². The van der Waals surface area contributed by atoms with E-state index in [1.807, 2.05) is 45.9 Å². The lowest BCUT2D eigenvalue weighted by atomic mass is 9.94. The first kappa shape index (κ1) is 20.8. The highest BCUT2D eigenvalue weighted by Gasteiger charge is 2.19. The average molecular weight is 360 g/mol. The molecule has 0 saturated carbocycles. The molecule has 1 heterocycles. The first-order valence-electron chi connectivity index (χ1n) is 8.44. The number of hydrogen-bond donors (Lipinski definition) is 3. The van der Waals surface area contributed by atoms with Gasteiger partial charge >= 0.3 is 0 Å². The summed E-state index contributed by atoms with van der Waals surface area (Å²) < 4.78 is 13.3. The Morgan fingerprint density at radius 3 is 2.48 bits per heavy atom. The Morgan fingerprint density at radius 1 is 1.16 bits per heavy atom. The molecule has 0 bridgehead atoms. The van der Waals surface area contributed by atoms with E-state index in [1.165, 1.54) is 6.07 Å². The molecule has 0 radical (unpaired) electrons. The molecule has 2 aromatic rings. The molecule has 0 spiro atoms. The van der Waals surface area contributed by atoms with Gasteiger partial charge in [-0.05, 0) is 23.8 Å². The number of thiol groups is 1. The number of fused-ring (bicyclic) bond motifs is 1. The number of hydrogen-bond acceptors (Lipinski definition) is 4. The molecule has 3 nitrogen and oxygen atoms in total. The fourth-order valence-corrected chi connectivity index (χ4v) is 2.64. The fraction of sp³-hybridized carbons (Fsp3) is 0.250. The van der Waals surface area contributed by atoms with Crippen molar-refractivity contribution in [3.63, 3.8) is 0 Å². The molecular formula is C20H26FN3S. The molecule has 0 aromatic heterocycles. The Labute approximate surface area is 155 Å². The van der Waals surface area contributed by atoms with Crippen LogP contribution in [0.2, 0.25) is 0 Å². The van der Waals surface area contributed by atoms with Gasteiger partial charge in [0.05, 0.1) is 11.4 Å². The van der Waals surface area contributed by atoms with Crippen molar-refractivity contribution >= 4 is 29.7 Å². The third-order valence-electron chi connectivity index (χ3n) is 3.42. The predicted molar refractivity (Wildman–Crippen MR) is 110 cm³/mol. The van der Waals surface area contributed by atoms with Crippen LogP contribution in [0.1, 0.15) is 44.4 Å². The van der Waals surface area contributed by atoms with Crippen LogP contribution in [0.4, 0.5) is 10.1 Å². The molecule has 0 atom stereocenters. The Bertz CT molecular complexity index is 770. The number of nitrogens with one attached hydrogen (secondary N) is 1. The van der Waals surface area contributed by atoms with Crippen molar-refractivity contribution in [2.24, 2.45) is 5.10 Å². The minimum absolute atomic E-state index is 0.328. The second-order valence-corrected chi connectivity index (χ2v) is 5.36. The minimum Gasteiger partial charge on any atom is -0.398 e. The first-order valence-corrected chi connectivity index (χ1v) is 8.89. The van der Waals surface area contributed by atoms with Gasteiger partial charge in [0.1, 0.15) is 5.82 Å².